The van der Waals surface area contributed by atoms with Crippen molar-refractivity contribution in [3.63, 3.8) is 0 Å². The smallest absolute Gasteiger partial charge is 0.418 e. The number of piperazine rings is 1. The van der Waals surface area contributed by atoms with Gasteiger partial charge in [-0.15, -0.1) is 0 Å². The first-order valence-corrected chi connectivity index (χ1v) is 16.8. The zero-order valence-corrected chi connectivity index (χ0v) is 27.4. The van der Waals surface area contributed by atoms with E-state index in [0.29, 0.717) is 77.9 Å². The lowest BCUT2D eigenvalue weighted by Crippen LogP contribution is -2.56. The Morgan fingerprint density at radius 2 is 1.69 bits per heavy atom. The molecule has 262 valence electrons. The molecule has 4 N–H and O–H groups in total. The van der Waals surface area contributed by atoms with Gasteiger partial charge in [-0.3, -0.25) is 14.6 Å². The standard InChI is InChI=1S/C33H42ClF3N6O5/c34-26-18-21(17-25(29(26)38)33(35,36)37)19-28(30(44)41-13-11-40(12-14-41)23-7-15-47-16-8-23)48-32(46)42-9-5-24(6-10-42)43-20-22-3-1-2-4-27(22)39-31(43)45/h1-4,17-18,23-24,28,31,39,45H,5-16,19-20,38H2/t28-,31?/m1/s1. The van der Waals surface area contributed by atoms with Gasteiger partial charge in [0, 0.05) is 83.2 Å². The summed E-state index contributed by atoms with van der Waals surface area (Å²) in [5.74, 6) is -0.465. The van der Waals surface area contributed by atoms with E-state index in [4.69, 9.17) is 26.8 Å². The van der Waals surface area contributed by atoms with Crippen LogP contribution in [0.3, 0.4) is 0 Å². The largest absolute Gasteiger partial charge is 0.436 e. The number of nitrogens with two attached hydrogens (primary N) is 1. The van der Waals surface area contributed by atoms with E-state index in [1.54, 1.807) is 4.90 Å². The van der Waals surface area contributed by atoms with Crippen molar-refractivity contribution in [2.45, 2.75) is 69.4 Å². The van der Waals surface area contributed by atoms with Crippen LogP contribution in [0, 0.1) is 0 Å². The summed E-state index contributed by atoms with van der Waals surface area (Å²) >= 11 is 6.09. The maximum atomic E-state index is 13.9. The molecule has 4 aliphatic rings. The number of hydrogen-bond acceptors (Lipinski definition) is 9. The van der Waals surface area contributed by atoms with E-state index in [1.165, 1.54) is 11.0 Å². The number of piperidine rings is 1. The molecule has 0 aromatic heterocycles. The molecular formula is C33H42ClF3N6O5. The van der Waals surface area contributed by atoms with Crippen LogP contribution in [-0.2, 0) is 33.4 Å². The van der Waals surface area contributed by atoms with E-state index >= 15 is 0 Å². The van der Waals surface area contributed by atoms with Gasteiger partial charge in [0.15, 0.2) is 12.5 Å². The Balaban J connectivity index is 1.13. The SMILES string of the molecule is Nc1c(Cl)cc(C[C@@H](OC(=O)N2CCC(N3Cc4ccccc4NC3O)CC2)C(=O)N2CCN(C3CCOCC3)CC2)cc1C(F)(F)F. The third-order valence-electron chi connectivity index (χ3n) is 9.93. The molecule has 2 amide bonds. The number of ether oxygens (including phenoxy) is 2. The fraction of sp³-hybridized carbons (Fsp3) is 0.576. The number of carbonyl (C=O) groups is 2. The number of anilines is 2. The molecule has 11 nitrogen and oxygen atoms in total. The molecule has 0 aliphatic carbocycles. The summed E-state index contributed by atoms with van der Waals surface area (Å²) in [5, 5.41) is 13.6. The number of fused-ring (bicyclic) bond motifs is 1. The van der Waals surface area contributed by atoms with Crippen molar-refractivity contribution in [3.8, 4) is 0 Å². The first-order valence-electron chi connectivity index (χ1n) is 16.5. The van der Waals surface area contributed by atoms with E-state index in [9.17, 15) is 27.9 Å². The number of para-hydroxylation sites is 1. The maximum absolute atomic E-state index is 13.9. The summed E-state index contributed by atoms with van der Waals surface area (Å²) in [7, 11) is 0. The van der Waals surface area contributed by atoms with Crippen molar-refractivity contribution in [2.75, 3.05) is 63.5 Å². The van der Waals surface area contributed by atoms with E-state index in [-0.39, 0.29) is 23.0 Å². The Bertz CT molecular complexity index is 1460. The molecule has 3 fully saturated rings. The number of nitrogens with one attached hydrogen (secondary N) is 1. The second-order valence-electron chi connectivity index (χ2n) is 12.9. The number of carbonyl (C=O) groups excluding carboxylic acids is 2. The Kier molecular flexibility index (Phi) is 10.6. The molecule has 2 aromatic rings. The van der Waals surface area contributed by atoms with Gasteiger partial charge < -0.3 is 35.4 Å². The van der Waals surface area contributed by atoms with Gasteiger partial charge in [0.2, 0.25) is 0 Å². The van der Waals surface area contributed by atoms with Crippen molar-refractivity contribution in [1.82, 2.24) is 19.6 Å². The maximum Gasteiger partial charge on any atom is 0.418 e. The Morgan fingerprint density at radius 3 is 2.38 bits per heavy atom. The quantitative estimate of drug-likeness (QED) is 0.386. The van der Waals surface area contributed by atoms with Crippen LogP contribution in [-0.4, -0.2) is 114 Å². The molecule has 4 aliphatic heterocycles. The highest BCUT2D eigenvalue weighted by Crippen LogP contribution is 2.38. The van der Waals surface area contributed by atoms with Gasteiger partial charge in [0.25, 0.3) is 5.91 Å². The van der Waals surface area contributed by atoms with Crippen molar-refractivity contribution in [3.05, 3.63) is 58.1 Å². The van der Waals surface area contributed by atoms with Crippen LogP contribution in [0.2, 0.25) is 5.02 Å². The van der Waals surface area contributed by atoms with Gasteiger partial charge in [0.05, 0.1) is 16.3 Å². The second-order valence-corrected chi connectivity index (χ2v) is 13.3. The topological polar surface area (TPSA) is 124 Å². The van der Waals surface area contributed by atoms with Crippen molar-refractivity contribution >= 4 is 35.0 Å². The van der Waals surface area contributed by atoms with Gasteiger partial charge in [-0.1, -0.05) is 29.8 Å². The number of rotatable bonds is 6. The summed E-state index contributed by atoms with van der Waals surface area (Å²) < 4.78 is 52.6. The predicted octanol–water partition coefficient (Wildman–Crippen LogP) is 3.98. The first kappa shape index (κ1) is 34.6. The Labute approximate surface area is 282 Å². The molecule has 15 heteroatoms. The van der Waals surface area contributed by atoms with Gasteiger partial charge in [-0.05, 0) is 55.0 Å². The number of hydrogen-bond donors (Lipinski definition) is 3. The van der Waals surface area contributed by atoms with E-state index in [1.807, 2.05) is 29.2 Å². The molecule has 2 aromatic carbocycles. The average Bonchev–Trinajstić information content (AvgIpc) is 3.09. The van der Waals surface area contributed by atoms with Crippen LogP contribution >= 0.6 is 11.6 Å². The molecule has 0 spiro atoms. The highest BCUT2D eigenvalue weighted by atomic mass is 35.5. The molecule has 48 heavy (non-hydrogen) atoms. The van der Waals surface area contributed by atoms with Crippen molar-refractivity contribution in [1.29, 1.82) is 0 Å². The number of aliphatic hydroxyl groups excluding tert-OH is 1. The van der Waals surface area contributed by atoms with E-state index in [2.05, 4.69) is 10.2 Å². The molecule has 0 bridgehead atoms. The number of aliphatic hydroxyl groups is 1. The summed E-state index contributed by atoms with van der Waals surface area (Å²) in [6.45, 7) is 4.69. The zero-order valence-electron chi connectivity index (χ0n) is 26.6. The number of likely N-dealkylation sites (tertiary alicyclic amines) is 1. The summed E-state index contributed by atoms with van der Waals surface area (Å²) in [5.41, 5.74) is 5.97. The second kappa shape index (κ2) is 14.7. The monoisotopic (exact) mass is 694 g/mol. The average molecular weight is 695 g/mol. The van der Waals surface area contributed by atoms with Crippen LogP contribution < -0.4 is 11.1 Å². The van der Waals surface area contributed by atoms with Crippen LogP contribution in [0.1, 0.15) is 42.4 Å². The third kappa shape index (κ3) is 7.78. The highest BCUT2D eigenvalue weighted by Gasteiger charge is 2.38. The van der Waals surface area contributed by atoms with Crippen molar-refractivity contribution in [2.24, 2.45) is 0 Å². The van der Waals surface area contributed by atoms with Crippen LogP contribution in [0.4, 0.5) is 29.3 Å². The minimum atomic E-state index is -4.76. The van der Waals surface area contributed by atoms with Crippen LogP contribution in [0.5, 0.6) is 0 Å². The van der Waals surface area contributed by atoms with E-state index in [0.717, 1.165) is 30.2 Å². The Morgan fingerprint density at radius 1 is 1.00 bits per heavy atom. The van der Waals surface area contributed by atoms with Crippen molar-refractivity contribution < 1.29 is 37.3 Å². The lowest BCUT2D eigenvalue weighted by atomic mass is 10.0. The predicted molar refractivity (Wildman–Crippen MR) is 173 cm³/mol. The normalized spacial score (nSPS) is 22.6. The van der Waals surface area contributed by atoms with Crippen LogP contribution in [0.15, 0.2) is 36.4 Å². The summed E-state index contributed by atoms with van der Waals surface area (Å²) in [6, 6.07) is 10.3. The lowest BCUT2D eigenvalue weighted by molar-refractivity contribution is -0.143. The Hall–Kier alpha value is -3.30. The van der Waals surface area contributed by atoms with E-state index < -0.39 is 41.9 Å². The first-order chi connectivity index (χ1) is 23.0. The number of benzene rings is 2. The fourth-order valence-corrected chi connectivity index (χ4v) is 7.43. The summed E-state index contributed by atoms with van der Waals surface area (Å²) in [4.78, 5) is 34.8. The number of nitrogens with zero attached hydrogens (tertiary/aromatic N) is 4. The minimum absolute atomic E-state index is 0.00735. The fourth-order valence-electron chi connectivity index (χ4n) is 7.19. The zero-order chi connectivity index (χ0) is 34.0. The molecule has 1 unspecified atom stereocenters. The van der Waals surface area contributed by atoms with Gasteiger partial charge in [-0.2, -0.15) is 13.2 Å². The number of amides is 2. The van der Waals surface area contributed by atoms with Gasteiger partial charge >= 0.3 is 12.3 Å². The number of nitrogen functional groups attached to an aromatic ring is 1. The number of halogens is 4. The molecule has 6 rings (SSSR count). The molecule has 2 atom stereocenters. The molecular weight excluding hydrogens is 653 g/mol. The number of alkyl halides is 3. The van der Waals surface area contributed by atoms with Gasteiger partial charge in [0.1, 0.15) is 0 Å². The molecule has 0 radical (unpaired) electrons. The molecule has 4 heterocycles. The molecule has 3 saturated heterocycles. The lowest BCUT2D eigenvalue weighted by Gasteiger charge is -2.43. The van der Waals surface area contributed by atoms with Crippen LogP contribution in [0.25, 0.3) is 0 Å². The molecule has 0 saturated carbocycles. The highest BCUT2D eigenvalue weighted by molar-refractivity contribution is 6.33. The van der Waals surface area contributed by atoms with Gasteiger partial charge in [-0.25, -0.2) is 4.79 Å². The minimum Gasteiger partial charge on any atom is -0.436 e. The third-order valence-corrected chi connectivity index (χ3v) is 10.2. The summed E-state index contributed by atoms with van der Waals surface area (Å²) in [6.07, 6.45) is -5.04.